The first-order valence-electron chi connectivity index (χ1n) is 5.36. The van der Waals surface area contributed by atoms with Gasteiger partial charge in [0.05, 0.1) is 8.07 Å². The number of hydrogen-bond acceptors (Lipinski definition) is 0. The predicted molar refractivity (Wildman–Crippen MR) is 66.0 cm³/mol. The standard InChI is InChI=1S/C12H26Si/c1-8-9-10-13(6,7)12(4,5)11(2)3/h8,11H,1,9-10H2,2-7H3. The van der Waals surface area contributed by atoms with Crippen LogP contribution in [0.25, 0.3) is 0 Å². The summed E-state index contributed by atoms with van der Waals surface area (Å²) in [4.78, 5) is 0. The lowest BCUT2D eigenvalue weighted by atomic mass is 9.99. The van der Waals surface area contributed by atoms with Gasteiger partial charge in [0.15, 0.2) is 0 Å². The molecule has 0 radical (unpaired) electrons. The second-order valence-electron chi connectivity index (χ2n) is 5.59. The van der Waals surface area contributed by atoms with Crippen LogP contribution in [0.4, 0.5) is 0 Å². The molecule has 0 rings (SSSR count). The van der Waals surface area contributed by atoms with Gasteiger partial charge < -0.3 is 0 Å². The van der Waals surface area contributed by atoms with Crippen LogP contribution >= 0.6 is 0 Å². The van der Waals surface area contributed by atoms with Crippen molar-refractivity contribution in [1.29, 1.82) is 0 Å². The highest BCUT2D eigenvalue weighted by atomic mass is 28.3. The van der Waals surface area contributed by atoms with Crippen molar-refractivity contribution in [2.24, 2.45) is 5.92 Å². The van der Waals surface area contributed by atoms with E-state index in [0.29, 0.717) is 5.04 Å². The van der Waals surface area contributed by atoms with Gasteiger partial charge in [-0.3, -0.25) is 0 Å². The molecule has 0 aliphatic rings. The summed E-state index contributed by atoms with van der Waals surface area (Å²) in [5, 5.41) is 0.538. The lowest BCUT2D eigenvalue weighted by molar-refractivity contribution is 0.456. The highest BCUT2D eigenvalue weighted by Crippen LogP contribution is 2.46. The molecule has 0 nitrogen and oxygen atoms in total. The zero-order chi connectivity index (χ0) is 10.7. The summed E-state index contributed by atoms with van der Waals surface area (Å²) in [5.41, 5.74) is 0. The van der Waals surface area contributed by atoms with E-state index in [2.05, 4.69) is 53.4 Å². The smallest absolute Gasteiger partial charge is 0.0536 e. The van der Waals surface area contributed by atoms with Gasteiger partial charge in [0.1, 0.15) is 0 Å². The predicted octanol–water partition coefficient (Wildman–Crippen LogP) is 4.71. The molecule has 0 aliphatic carbocycles. The molecule has 0 amide bonds. The van der Waals surface area contributed by atoms with E-state index in [1.807, 2.05) is 0 Å². The minimum absolute atomic E-state index is 0.538. The van der Waals surface area contributed by atoms with E-state index < -0.39 is 8.07 Å². The Bertz CT molecular complexity index is 166. The van der Waals surface area contributed by atoms with E-state index in [1.165, 1.54) is 12.5 Å². The molecule has 0 aliphatic heterocycles. The molecule has 0 atom stereocenters. The fourth-order valence-electron chi connectivity index (χ4n) is 1.57. The van der Waals surface area contributed by atoms with Crippen molar-refractivity contribution in [2.45, 2.75) is 58.3 Å². The fraction of sp³-hybridized carbons (Fsp3) is 0.833. The highest BCUT2D eigenvalue weighted by molar-refractivity contribution is 6.80. The maximum Gasteiger partial charge on any atom is 0.0536 e. The molecule has 0 unspecified atom stereocenters. The van der Waals surface area contributed by atoms with Gasteiger partial charge in [-0.15, -0.1) is 6.58 Å². The zero-order valence-corrected chi connectivity index (χ0v) is 11.3. The van der Waals surface area contributed by atoms with Crippen LogP contribution in [0.3, 0.4) is 0 Å². The van der Waals surface area contributed by atoms with E-state index in [9.17, 15) is 0 Å². The minimum atomic E-state index is -1.09. The molecule has 0 aromatic rings. The Kier molecular flexibility index (Phi) is 4.44. The van der Waals surface area contributed by atoms with Crippen LogP contribution in [-0.2, 0) is 0 Å². The summed E-state index contributed by atoms with van der Waals surface area (Å²) in [6, 6.07) is 1.38. The minimum Gasteiger partial charge on any atom is -0.103 e. The third-order valence-electron chi connectivity index (χ3n) is 4.16. The number of hydrogen-bond donors (Lipinski definition) is 0. The largest absolute Gasteiger partial charge is 0.103 e. The molecule has 1 heteroatoms. The van der Waals surface area contributed by atoms with Gasteiger partial charge in [-0.25, -0.2) is 0 Å². The average Bonchev–Trinajstić information content (AvgIpc) is 2.00. The SMILES string of the molecule is C=CCC[Si](C)(C)C(C)(C)C(C)C. The van der Waals surface area contributed by atoms with Crippen molar-refractivity contribution in [2.75, 3.05) is 0 Å². The van der Waals surface area contributed by atoms with Crippen LogP contribution in [0.15, 0.2) is 12.7 Å². The maximum atomic E-state index is 3.81. The lowest BCUT2D eigenvalue weighted by Gasteiger charge is -2.43. The third-order valence-corrected chi connectivity index (χ3v) is 9.77. The van der Waals surface area contributed by atoms with E-state index >= 15 is 0 Å². The molecule has 0 bridgehead atoms. The van der Waals surface area contributed by atoms with Crippen LogP contribution in [0, 0.1) is 5.92 Å². The van der Waals surface area contributed by atoms with E-state index in [1.54, 1.807) is 0 Å². The first-order chi connectivity index (χ1) is 5.75. The van der Waals surface area contributed by atoms with Crippen molar-refractivity contribution >= 4 is 8.07 Å². The Hall–Kier alpha value is -0.0431. The van der Waals surface area contributed by atoms with Crippen molar-refractivity contribution in [3.63, 3.8) is 0 Å². The Labute approximate surface area is 85.4 Å². The molecule has 78 valence electrons. The highest BCUT2D eigenvalue weighted by Gasteiger charge is 2.40. The Morgan fingerprint density at radius 3 is 2.08 bits per heavy atom. The number of rotatable bonds is 5. The van der Waals surface area contributed by atoms with Gasteiger partial charge in [0.25, 0.3) is 0 Å². The molecule has 13 heavy (non-hydrogen) atoms. The fourth-order valence-corrected chi connectivity index (χ4v) is 4.70. The molecular formula is C12H26Si. The van der Waals surface area contributed by atoms with Crippen molar-refractivity contribution < 1.29 is 0 Å². The van der Waals surface area contributed by atoms with Crippen LogP contribution < -0.4 is 0 Å². The Balaban J connectivity index is 4.49. The topological polar surface area (TPSA) is 0 Å². The second-order valence-corrected chi connectivity index (χ2v) is 11.1. The second kappa shape index (κ2) is 4.45. The molecule has 0 saturated carbocycles. The van der Waals surface area contributed by atoms with Crippen LogP contribution in [0.1, 0.15) is 34.1 Å². The van der Waals surface area contributed by atoms with Gasteiger partial charge in [-0.05, 0) is 17.4 Å². The van der Waals surface area contributed by atoms with E-state index in [4.69, 9.17) is 0 Å². The summed E-state index contributed by atoms with van der Waals surface area (Å²) >= 11 is 0. The Morgan fingerprint density at radius 1 is 1.31 bits per heavy atom. The van der Waals surface area contributed by atoms with Gasteiger partial charge in [0, 0.05) is 0 Å². The first kappa shape index (κ1) is 13.0. The van der Waals surface area contributed by atoms with Gasteiger partial charge in [-0.2, -0.15) is 0 Å². The van der Waals surface area contributed by atoms with Crippen molar-refractivity contribution in [1.82, 2.24) is 0 Å². The van der Waals surface area contributed by atoms with Crippen molar-refractivity contribution in [3.05, 3.63) is 12.7 Å². The van der Waals surface area contributed by atoms with Crippen LogP contribution in [-0.4, -0.2) is 8.07 Å². The molecule has 0 heterocycles. The summed E-state index contributed by atoms with van der Waals surface area (Å²) in [5.74, 6) is 0.791. The van der Waals surface area contributed by atoms with Crippen molar-refractivity contribution in [3.8, 4) is 0 Å². The average molecular weight is 198 g/mol. The molecular weight excluding hydrogens is 172 g/mol. The number of allylic oxidation sites excluding steroid dienone is 1. The monoisotopic (exact) mass is 198 g/mol. The van der Waals surface area contributed by atoms with E-state index in [-0.39, 0.29) is 0 Å². The Morgan fingerprint density at radius 2 is 1.77 bits per heavy atom. The first-order valence-corrected chi connectivity index (χ1v) is 8.57. The third kappa shape index (κ3) is 2.98. The van der Waals surface area contributed by atoms with Crippen LogP contribution in [0.2, 0.25) is 24.2 Å². The van der Waals surface area contributed by atoms with Gasteiger partial charge in [-0.1, -0.05) is 52.9 Å². The molecule has 0 N–H and O–H groups in total. The van der Waals surface area contributed by atoms with Gasteiger partial charge in [0.2, 0.25) is 0 Å². The molecule has 0 spiro atoms. The normalized spacial score (nSPS) is 13.5. The molecule has 0 aromatic carbocycles. The zero-order valence-electron chi connectivity index (χ0n) is 10.3. The van der Waals surface area contributed by atoms with E-state index in [0.717, 1.165) is 5.92 Å². The molecule has 0 aromatic heterocycles. The summed E-state index contributed by atoms with van der Waals surface area (Å²) in [6.45, 7) is 18.4. The summed E-state index contributed by atoms with van der Waals surface area (Å²) < 4.78 is 0. The lowest BCUT2D eigenvalue weighted by Crippen LogP contribution is -2.41. The quantitative estimate of drug-likeness (QED) is 0.443. The summed E-state index contributed by atoms with van der Waals surface area (Å²) in [6.07, 6.45) is 3.25. The maximum absolute atomic E-state index is 3.81. The molecule has 0 fully saturated rings. The van der Waals surface area contributed by atoms with Gasteiger partial charge >= 0.3 is 0 Å². The molecule has 0 saturated heterocycles. The summed E-state index contributed by atoms with van der Waals surface area (Å²) in [7, 11) is -1.09. The van der Waals surface area contributed by atoms with Crippen LogP contribution in [0.5, 0.6) is 0 Å².